The molecule has 0 aliphatic heterocycles. The van der Waals surface area contributed by atoms with Crippen molar-refractivity contribution >= 4 is 11.0 Å². The average Bonchev–Trinajstić information content (AvgIpc) is 2.72. The Balaban J connectivity index is 2.14. The summed E-state index contributed by atoms with van der Waals surface area (Å²) in [6, 6.07) is 6.65. The van der Waals surface area contributed by atoms with Crippen molar-refractivity contribution in [2.45, 2.75) is 40.0 Å². The average molecular weight is 437 g/mol. The fourth-order valence-corrected chi connectivity index (χ4v) is 3.55. The summed E-state index contributed by atoms with van der Waals surface area (Å²) in [6.07, 6.45) is 6.52. The van der Waals surface area contributed by atoms with Gasteiger partial charge in [-0.2, -0.15) is 0 Å². The van der Waals surface area contributed by atoms with Gasteiger partial charge in [0.1, 0.15) is 39.7 Å². The van der Waals surface area contributed by atoms with Crippen LogP contribution in [0.4, 0.5) is 0 Å². The third kappa shape index (κ3) is 4.97. The van der Waals surface area contributed by atoms with E-state index in [2.05, 4.69) is 26.0 Å². The number of ether oxygens (including phenoxy) is 1. The zero-order valence-corrected chi connectivity index (χ0v) is 18.7. The molecule has 0 unspecified atom stereocenters. The van der Waals surface area contributed by atoms with Gasteiger partial charge in [-0.3, -0.25) is 4.79 Å². The Labute approximate surface area is 186 Å². The van der Waals surface area contributed by atoms with Crippen LogP contribution in [0.25, 0.3) is 22.3 Å². The second-order valence-corrected chi connectivity index (χ2v) is 8.03. The maximum Gasteiger partial charge on any atom is 0.197 e. The van der Waals surface area contributed by atoms with Crippen molar-refractivity contribution in [3.8, 4) is 34.3 Å². The number of aromatic hydroxyl groups is 3. The lowest BCUT2D eigenvalue weighted by molar-refractivity contribution is 0.403. The molecule has 168 valence electrons. The monoisotopic (exact) mass is 436 g/mol. The van der Waals surface area contributed by atoms with Crippen LogP contribution in [0.5, 0.6) is 23.0 Å². The summed E-state index contributed by atoms with van der Waals surface area (Å²) in [4.78, 5) is 12.9. The predicted octanol–water partition coefficient (Wildman–Crippen LogP) is 5.82. The van der Waals surface area contributed by atoms with Crippen LogP contribution < -0.4 is 10.2 Å². The molecule has 6 nitrogen and oxygen atoms in total. The summed E-state index contributed by atoms with van der Waals surface area (Å²) in [7, 11) is 1.49. The third-order valence-corrected chi connectivity index (χ3v) is 5.26. The van der Waals surface area contributed by atoms with E-state index in [1.54, 1.807) is 0 Å². The summed E-state index contributed by atoms with van der Waals surface area (Å²) in [5.74, 6) is -0.0453. The van der Waals surface area contributed by atoms with Gasteiger partial charge in [0.15, 0.2) is 5.43 Å². The second-order valence-electron chi connectivity index (χ2n) is 8.03. The Kier molecular flexibility index (Phi) is 6.93. The number of fused-ring (bicyclic) bond motifs is 1. The highest BCUT2D eigenvalue weighted by molar-refractivity contribution is 5.89. The molecule has 1 aromatic heterocycles. The molecule has 3 aromatic rings. The van der Waals surface area contributed by atoms with Gasteiger partial charge in [0.2, 0.25) is 0 Å². The predicted molar refractivity (Wildman–Crippen MR) is 126 cm³/mol. The molecule has 2 aromatic carbocycles. The molecule has 6 heteroatoms. The number of phenols is 3. The van der Waals surface area contributed by atoms with E-state index in [1.165, 1.54) is 48.6 Å². The van der Waals surface area contributed by atoms with E-state index >= 15 is 0 Å². The lowest BCUT2D eigenvalue weighted by Gasteiger charge is -2.13. The number of rotatable bonds is 7. The van der Waals surface area contributed by atoms with Crippen LogP contribution in [-0.4, -0.2) is 22.4 Å². The molecular weight excluding hydrogens is 408 g/mol. The van der Waals surface area contributed by atoms with Crippen molar-refractivity contribution in [3.05, 3.63) is 69.4 Å². The van der Waals surface area contributed by atoms with E-state index < -0.39 is 5.43 Å². The molecule has 0 saturated carbocycles. The standard InChI is InChI=1S/C26H28O6/c1-15(2)6-5-7-16(3)8-10-19-23(31-4)13-21(29)25-22(30)14-24(32-26(19)25)18-11-9-17(27)12-20(18)28/h6,8-9,11-14,27-29H,5,7,10H2,1-4H3/b16-8-. The van der Waals surface area contributed by atoms with Crippen LogP contribution in [0.2, 0.25) is 0 Å². The van der Waals surface area contributed by atoms with Crippen LogP contribution in [-0.2, 0) is 6.42 Å². The minimum Gasteiger partial charge on any atom is -0.508 e. The first kappa shape index (κ1) is 23.0. The van der Waals surface area contributed by atoms with Gasteiger partial charge >= 0.3 is 0 Å². The maximum absolute atomic E-state index is 12.9. The van der Waals surface area contributed by atoms with Crippen LogP contribution in [0.15, 0.2) is 62.8 Å². The molecule has 0 fully saturated rings. The molecule has 0 radical (unpaired) electrons. The first-order valence-electron chi connectivity index (χ1n) is 10.4. The number of allylic oxidation sites excluding steroid dienone is 4. The topological polar surface area (TPSA) is 100 Å². The van der Waals surface area contributed by atoms with Crippen molar-refractivity contribution in [1.82, 2.24) is 0 Å². The Morgan fingerprint density at radius 2 is 1.78 bits per heavy atom. The molecule has 0 aliphatic carbocycles. The van der Waals surface area contributed by atoms with Crippen LogP contribution in [0, 0.1) is 0 Å². The van der Waals surface area contributed by atoms with Gasteiger partial charge in [-0.25, -0.2) is 0 Å². The second kappa shape index (κ2) is 9.64. The highest BCUT2D eigenvalue weighted by atomic mass is 16.5. The van der Waals surface area contributed by atoms with Crippen molar-refractivity contribution in [2.75, 3.05) is 7.11 Å². The molecular formula is C26H28O6. The minimum atomic E-state index is -0.445. The number of benzene rings is 2. The maximum atomic E-state index is 12.9. The SMILES string of the molecule is COc1cc(O)c2c(=O)cc(-c3ccc(O)cc3O)oc2c1C/C=C(/C)CCC=C(C)C. The van der Waals surface area contributed by atoms with Gasteiger partial charge < -0.3 is 24.5 Å². The Morgan fingerprint density at radius 1 is 1.03 bits per heavy atom. The van der Waals surface area contributed by atoms with E-state index in [9.17, 15) is 20.1 Å². The first-order valence-corrected chi connectivity index (χ1v) is 10.4. The largest absolute Gasteiger partial charge is 0.508 e. The highest BCUT2D eigenvalue weighted by Crippen LogP contribution is 2.38. The zero-order valence-electron chi connectivity index (χ0n) is 18.7. The molecule has 0 aliphatic rings. The van der Waals surface area contributed by atoms with E-state index in [0.29, 0.717) is 17.7 Å². The number of hydrogen-bond donors (Lipinski definition) is 3. The number of methoxy groups -OCH3 is 1. The number of phenolic OH excluding ortho intramolecular Hbond substituents is 3. The van der Waals surface area contributed by atoms with Gasteiger partial charge in [0.05, 0.1) is 12.7 Å². The van der Waals surface area contributed by atoms with E-state index in [4.69, 9.17) is 9.15 Å². The quantitative estimate of drug-likeness (QED) is 0.404. The van der Waals surface area contributed by atoms with Crippen molar-refractivity contribution in [1.29, 1.82) is 0 Å². The van der Waals surface area contributed by atoms with Gasteiger partial charge in [0, 0.05) is 23.8 Å². The minimum absolute atomic E-state index is 0.0541. The number of hydrogen-bond acceptors (Lipinski definition) is 6. The summed E-state index contributed by atoms with van der Waals surface area (Å²) in [5.41, 5.74) is 3.09. The van der Waals surface area contributed by atoms with Crippen molar-refractivity contribution < 1.29 is 24.5 Å². The first-order chi connectivity index (χ1) is 15.2. The smallest absolute Gasteiger partial charge is 0.197 e. The highest BCUT2D eigenvalue weighted by Gasteiger charge is 2.19. The van der Waals surface area contributed by atoms with Gasteiger partial charge in [-0.05, 0) is 52.2 Å². The van der Waals surface area contributed by atoms with Gasteiger partial charge in [-0.15, -0.1) is 0 Å². The van der Waals surface area contributed by atoms with E-state index in [1.807, 2.05) is 6.92 Å². The lowest BCUT2D eigenvalue weighted by Crippen LogP contribution is -2.04. The van der Waals surface area contributed by atoms with Gasteiger partial charge in [0.25, 0.3) is 0 Å². The fraction of sp³-hybridized carbons (Fsp3) is 0.269. The Hall–Kier alpha value is -3.67. The summed E-state index contributed by atoms with van der Waals surface area (Å²) in [5, 5.41) is 30.3. The molecule has 0 spiro atoms. The lowest BCUT2D eigenvalue weighted by atomic mass is 10.0. The third-order valence-electron chi connectivity index (χ3n) is 5.26. The normalized spacial score (nSPS) is 11.6. The van der Waals surface area contributed by atoms with Crippen LogP contribution in [0.3, 0.4) is 0 Å². The summed E-state index contributed by atoms with van der Waals surface area (Å²) >= 11 is 0. The fourth-order valence-electron chi connectivity index (χ4n) is 3.55. The molecule has 32 heavy (non-hydrogen) atoms. The molecule has 0 amide bonds. The van der Waals surface area contributed by atoms with Crippen LogP contribution in [0.1, 0.15) is 39.2 Å². The summed E-state index contributed by atoms with van der Waals surface area (Å²) in [6.45, 7) is 6.18. The molecule has 0 bridgehead atoms. The van der Waals surface area contributed by atoms with Crippen molar-refractivity contribution in [3.63, 3.8) is 0 Å². The van der Waals surface area contributed by atoms with Crippen molar-refractivity contribution in [2.24, 2.45) is 0 Å². The molecule has 3 rings (SSSR count). The molecule has 1 heterocycles. The van der Waals surface area contributed by atoms with E-state index in [-0.39, 0.29) is 39.5 Å². The Bertz CT molecular complexity index is 1260. The van der Waals surface area contributed by atoms with Crippen LogP contribution >= 0.6 is 0 Å². The summed E-state index contributed by atoms with van der Waals surface area (Å²) < 4.78 is 11.5. The molecule has 0 saturated heterocycles. The zero-order chi connectivity index (χ0) is 23.4. The van der Waals surface area contributed by atoms with E-state index in [0.717, 1.165) is 12.8 Å². The molecule has 3 N–H and O–H groups in total. The Morgan fingerprint density at radius 3 is 2.44 bits per heavy atom. The molecule has 0 atom stereocenters. The van der Waals surface area contributed by atoms with Gasteiger partial charge in [-0.1, -0.05) is 23.3 Å².